The lowest BCUT2D eigenvalue weighted by Gasteiger charge is -2.41. The van der Waals surface area contributed by atoms with Gasteiger partial charge in [0, 0.05) is 38.1 Å². The van der Waals surface area contributed by atoms with Gasteiger partial charge >= 0.3 is 0 Å². The van der Waals surface area contributed by atoms with E-state index in [1.807, 2.05) is 60.9 Å². The largest absolute Gasteiger partial charge is 0.342 e. The molecule has 1 aromatic carbocycles. The van der Waals surface area contributed by atoms with Gasteiger partial charge < -0.3 is 9.80 Å². The molecule has 190 valence electrons. The Bertz CT molecular complexity index is 907. The van der Waals surface area contributed by atoms with Gasteiger partial charge in [-0.1, -0.05) is 57.5 Å². The number of rotatable bonds is 11. The predicted octanol–water partition coefficient (Wildman–Crippen LogP) is 3.50. The van der Waals surface area contributed by atoms with Crippen molar-refractivity contribution < 1.29 is 18.0 Å². The molecule has 0 bridgehead atoms. The number of nitrogens with zero attached hydrogens (tertiary/aromatic N) is 3. The summed E-state index contributed by atoms with van der Waals surface area (Å²) >= 11 is 0. The highest BCUT2D eigenvalue weighted by molar-refractivity contribution is 7.89. The van der Waals surface area contributed by atoms with Crippen LogP contribution in [0.1, 0.15) is 64.9 Å². The van der Waals surface area contributed by atoms with Gasteiger partial charge in [0.1, 0.15) is 0 Å². The fraction of sp³-hybridized carbons (Fsp3) is 0.692. The van der Waals surface area contributed by atoms with Gasteiger partial charge in [-0.05, 0) is 43.6 Å². The Labute approximate surface area is 205 Å². The van der Waals surface area contributed by atoms with E-state index < -0.39 is 10.0 Å². The maximum absolute atomic E-state index is 13.6. The molecule has 34 heavy (non-hydrogen) atoms. The molecule has 1 heterocycles. The normalized spacial score (nSPS) is 17.7. The molecular formula is C26H41N3O4S. The van der Waals surface area contributed by atoms with E-state index in [1.165, 1.54) is 4.31 Å². The van der Waals surface area contributed by atoms with E-state index in [9.17, 15) is 18.0 Å². The second-order valence-electron chi connectivity index (χ2n) is 10.2. The summed E-state index contributed by atoms with van der Waals surface area (Å²) in [5, 5.41) is 0. The van der Waals surface area contributed by atoms with Gasteiger partial charge in [0.15, 0.2) is 0 Å². The van der Waals surface area contributed by atoms with Crippen molar-refractivity contribution in [1.29, 1.82) is 0 Å². The second-order valence-corrected chi connectivity index (χ2v) is 12.3. The lowest BCUT2D eigenvalue weighted by atomic mass is 9.84. The van der Waals surface area contributed by atoms with E-state index in [4.69, 9.17) is 0 Å². The number of likely N-dealkylation sites (tertiary alicyclic amines) is 1. The lowest BCUT2D eigenvalue weighted by molar-refractivity contribution is -0.141. The van der Waals surface area contributed by atoms with Crippen LogP contribution in [0.5, 0.6) is 0 Å². The van der Waals surface area contributed by atoms with Crippen LogP contribution in [0, 0.1) is 11.8 Å². The molecule has 1 saturated carbocycles. The van der Waals surface area contributed by atoms with Crippen LogP contribution < -0.4 is 0 Å². The molecule has 7 nitrogen and oxygen atoms in total. The van der Waals surface area contributed by atoms with Crippen molar-refractivity contribution in [2.24, 2.45) is 11.8 Å². The predicted molar refractivity (Wildman–Crippen MR) is 134 cm³/mol. The van der Waals surface area contributed by atoms with E-state index >= 15 is 0 Å². The Balaban J connectivity index is 1.74. The van der Waals surface area contributed by atoms with E-state index in [1.54, 1.807) is 0 Å². The molecule has 2 fully saturated rings. The van der Waals surface area contributed by atoms with Crippen molar-refractivity contribution in [3.63, 3.8) is 0 Å². The molecule has 3 rings (SSSR count). The molecule has 2 amide bonds. The van der Waals surface area contributed by atoms with Crippen LogP contribution in [0.3, 0.4) is 0 Å². The number of carbonyl (C=O) groups excluding carboxylic acids is 2. The standard InChI is InChI=1S/C26H41N3O4S/c1-4-17-34(32,33)28(18-21(2)3)20-25(30)29(19-22-9-6-5-7-10-22)24-13-15-27(16-14-24)26(31)23-11-8-12-23/h5-7,9-10,21,23-24H,4,8,11-20H2,1-3H3. The highest BCUT2D eigenvalue weighted by Gasteiger charge is 2.35. The van der Waals surface area contributed by atoms with Gasteiger partial charge in [0.2, 0.25) is 21.8 Å². The average molecular weight is 492 g/mol. The van der Waals surface area contributed by atoms with Gasteiger partial charge in [0.25, 0.3) is 0 Å². The molecule has 1 aliphatic carbocycles. The van der Waals surface area contributed by atoms with Crippen molar-refractivity contribution in [3.05, 3.63) is 35.9 Å². The summed E-state index contributed by atoms with van der Waals surface area (Å²) < 4.78 is 27.1. The average Bonchev–Trinajstić information content (AvgIpc) is 2.76. The van der Waals surface area contributed by atoms with Gasteiger partial charge in [-0.3, -0.25) is 9.59 Å². The first kappa shape index (κ1) is 26.7. The van der Waals surface area contributed by atoms with E-state index in [2.05, 4.69) is 0 Å². The SMILES string of the molecule is CCCS(=O)(=O)N(CC(=O)N(Cc1ccccc1)C1CCN(C(=O)C2CCC2)CC1)CC(C)C. The van der Waals surface area contributed by atoms with Crippen molar-refractivity contribution in [1.82, 2.24) is 14.1 Å². The highest BCUT2D eigenvalue weighted by atomic mass is 32.2. The number of benzene rings is 1. The molecule has 1 saturated heterocycles. The van der Waals surface area contributed by atoms with Crippen LogP contribution in [0.4, 0.5) is 0 Å². The first-order valence-electron chi connectivity index (χ1n) is 12.8. The first-order valence-corrected chi connectivity index (χ1v) is 14.4. The smallest absolute Gasteiger partial charge is 0.238 e. The summed E-state index contributed by atoms with van der Waals surface area (Å²) in [5.41, 5.74) is 1.02. The number of amides is 2. The van der Waals surface area contributed by atoms with Crippen molar-refractivity contribution in [2.75, 3.05) is 31.9 Å². The van der Waals surface area contributed by atoms with Gasteiger partial charge in [-0.15, -0.1) is 0 Å². The summed E-state index contributed by atoms with van der Waals surface area (Å²) in [6.45, 7) is 7.74. The third kappa shape index (κ3) is 7.04. The molecule has 2 aliphatic rings. The summed E-state index contributed by atoms with van der Waals surface area (Å²) in [7, 11) is -3.49. The van der Waals surface area contributed by atoms with Gasteiger partial charge in [0.05, 0.1) is 12.3 Å². The van der Waals surface area contributed by atoms with Gasteiger partial charge in [-0.25, -0.2) is 8.42 Å². The zero-order valence-electron chi connectivity index (χ0n) is 21.0. The van der Waals surface area contributed by atoms with Crippen LogP contribution in [-0.2, 0) is 26.2 Å². The topological polar surface area (TPSA) is 78.0 Å². The Morgan fingerprint density at radius 2 is 1.71 bits per heavy atom. The summed E-state index contributed by atoms with van der Waals surface area (Å²) in [6.07, 6.45) is 5.10. The third-order valence-corrected chi connectivity index (χ3v) is 8.91. The van der Waals surface area contributed by atoms with Crippen molar-refractivity contribution in [3.8, 4) is 0 Å². The van der Waals surface area contributed by atoms with E-state index in [0.29, 0.717) is 32.6 Å². The maximum atomic E-state index is 13.6. The van der Waals surface area contributed by atoms with Gasteiger partial charge in [-0.2, -0.15) is 4.31 Å². The fourth-order valence-electron chi connectivity index (χ4n) is 4.82. The Morgan fingerprint density at radius 3 is 2.24 bits per heavy atom. The zero-order valence-corrected chi connectivity index (χ0v) is 21.8. The summed E-state index contributed by atoms with van der Waals surface area (Å²) in [4.78, 5) is 30.1. The van der Waals surface area contributed by atoms with Crippen molar-refractivity contribution >= 4 is 21.8 Å². The Hall–Kier alpha value is -1.93. The quantitative estimate of drug-likeness (QED) is 0.475. The monoisotopic (exact) mass is 491 g/mol. The number of sulfonamides is 1. The first-order chi connectivity index (χ1) is 16.2. The number of hydrogen-bond donors (Lipinski definition) is 0. The van der Waals surface area contributed by atoms with E-state index in [0.717, 1.165) is 37.7 Å². The molecule has 8 heteroatoms. The molecule has 1 aromatic rings. The van der Waals surface area contributed by atoms with Crippen molar-refractivity contribution in [2.45, 2.75) is 71.9 Å². The lowest BCUT2D eigenvalue weighted by Crippen LogP contribution is -2.52. The second kappa shape index (κ2) is 12.2. The minimum atomic E-state index is -3.49. The minimum Gasteiger partial charge on any atom is -0.342 e. The molecule has 0 unspecified atom stereocenters. The minimum absolute atomic E-state index is 0.00655. The molecule has 0 spiro atoms. The number of hydrogen-bond acceptors (Lipinski definition) is 4. The fourth-order valence-corrected chi connectivity index (χ4v) is 6.43. The van der Waals surface area contributed by atoms with Crippen LogP contribution in [0.2, 0.25) is 0 Å². The molecule has 0 atom stereocenters. The van der Waals surface area contributed by atoms with Crippen LogP contribution in [-0.4, -0.2) is 72.3 Å². The molecule has 0 aromatic heterocycles. The van der Waals surface area contributed by atoms with E-state index in [-0.39, 0.29) is 42.0 Å². The zero-order chi connectivity index (χ0) is 24.7. The summed E-state index contributed by atoms with van der Waals surface area (Å²) in [6, 6.07) is 9.84. The Kier molecular flexibility index (Phi) is 9.54. The highest BCUT2D eigenvalue weighted by Crippen LogP contribution is 2.30. The van der Waals surface area contributed by atoms with Crippen LogP contribution >= 0.6 is 0 Å². The Morgan fingerprint density at radius 1 is 1.06 bits per heavy atom. The third-order valence-electron chi connectivity index (χ3n) is 6.92. The van der Waals surface area contributed by atoms with Crippen LogP contribution in [0.15, 0.2) is 30.3 Å². The maximum Gasteiger partial charge on any atom is 0.238 e. The molecule has 0 radical (unpaired) electrons. The van der Waals surface area contributed by atoms with Crippen LogP contribution in [0.25, 0.3) is 0 Å². The molecular weight excluding hydrogens is 450 g/mol. The molecule has 0 N–H and O–H groups in total. The number of piperidine rings is 1. The molecule has 1 aliphatic heterocycles. The summed E-state index contributed by atoms with van der Waals surface area (Å²) in [5.74, 6) is 0.468. The number of carbonyl (C=O) groups is 2.